The smallest absolute Gasteiger partial charge is 0.320 e. The zero-order chi connectivity index (χ0) is 13.3. The van der Waals surface area contributed by atoms with Gasteiger partial charge in [-0.1, -0.05) is 19.8 Å². The summed E-state index contributed by atoms with van der Waals surface area (Å²) in [5.74, 6) is -0.759. The van der Waals surface area contributed by atoms with Gasteiger partial charge < -0.3 is 15.3 Å². The molecule has 4 heteroatoms. The molecule has 1 atom stereocenters. The Morgan fingerprint density at radius 3 is 2.35 bits per heavy atom. The van der Waals surface area contributed by atoms with E-state index < -0.39 is 12.0 Å². The fraction of sp³-hybridized carbons (Fsp3) is 0.923. The molecule has 0 aromatic carbocycles. The number of carboxylic acid groups (broad SMARTS) is 1. The molecular weight excluding hydrogens is 216 g/mol. The van der Waals surface area contributed by atoms with Gasteiger partial charge in [0.05, 0.1) is 0 Å². The summed E-state index contributed by atoms with van der Waals surface area (Å²) >= 11 is 0. The molecule has 4 nitrogen and oxygen atoms in total. The van der Waals surface area contributed by atoms with Crippen LogP contribution in [0.4, 0.5) is 0 Å². The number of rotatable bonds is 10. The van der Waals surface area contributed by atoms with Gasteiger partial charge in [0.15, 0.2) is 0 Å². The first kappa shape index (κ1) is 16.4. The highest BCUT2D eigenvalue weighted by molar-refractivity contribution is 5.73. The largest absolute Gasteiger partial charge is 0.480 e. The molecule has 102 valence electrons. The monoisotopic (exact) mass is 244 g/mol. The Labute approximate surface area is 105 Å². The quantitative estimate of drug-likeness (QED) is 0.577. The third kappa shape index (κ3) is 7.34. The van der Waals surface area contributed by atoms with E-state index >= 15 is 0 Å². The summed E-state index contributed by atoms with van der Waals surface area (Å²) in [5, 5.41) is 11.8. The van der Waals surface area contributed by atoms with E-state index in [2.05, 4.69) is 31.0 Å². The highest BCUT2D eigenvalue weighted by Gasteiger charge is 2.17. The van der Waals surface area contributed by atoms with Gasteiger partial charge in [-0.25, -0.2) is 0 Å². The molecule has 0 aromatic rings. The van der Waals surface area contributed by atoms with Crippen molar-refractivity contribution in [2.24, 2.45) is 0 Å². The lowest BCUT2D eigenvalue weighted by Crippen LogP contribution is -2.40. The second-order valence-corrected chi connectivity index (χ2v) is 4.80. The van der Waals surface area contributed by atoms with Crippen LogP contribution in [0.15, 0.2) is 0 Å². The molecule has 0 aliphatic carbocycles. The minimum absolute atomic E-state index is 0.428. The zero-order valence-electron chi connectivity index (χ0n) is 11.7. The molecule has 0 radical (unpaired) electrons. The van der Waals surface area contributed by atoms with E-state index in [0.717, 1.165) is 13.1 Å². The molecule has 0 fully saturated rings. The van der Waals surface area contributed by atoms with Gasteiger partial charge in [0, 0.05) is 12.6 Å². The highest BCUT2D eigenvalue weighted by Crippen LogP contribution is 2.06. The number of hydrogen-bond donors (Lipinski definition) is 2. The van der Waals surface area contributed by atoms with E-state index in [1.54, 1.807) is 7.05 Å². The van der Waals surface area contributed by atoms with Crippen LogP contribution in [-0.4, -0.2) is 48.2 Å². The maximum absolute atomic E-state index is 10.9. The molecule has 0 amide bonds. The van der Waals surface area contributed by atoms with Gasteiger partial charge in [-0.15, -0.1) is 0 Å². The molecule has 0 aliphatic heterocycles. The van der Waals surface area contributed by atoms with Crippen LogP contribution in [0.5, 0.6) is 0 Å². The number of carboxylic acids is 1. The lowest BCUT2D eigenvalue weighted by Gasteiger charge is -2.27. The van der Waals surface area contributed by atoms with E-state index in [4.69, 9.17) is 5.11 Å². The summed E-state index contributed by atoms with van der Waals surface area (Å²) in [6, 6.07) is 0.0561. The van der Waals surface area contributed by atoms with E-state index in [0.29, 0.717) is 12.5 Å². The Balaban J connectivity index is 4.02. The minimum Gasteiger partial charge on any atom is -0.480 e. The molecule has 17 heavy (non-hydrogen) atoms. The van der Waals surface area contributed by atoms with Gasteiger partial charge in [0.25, 0.3) is 0 Å². The Morgan fingerprint density at radius 1 is 1.29 bits per heavy atom. The normalized spacial score (nSPS) is 13.3. The second kappa shape index (κ2) is 9.42. The van der Waals surface area contributed by atoms with Crippen LogP contribution < -0.4 is 5.32 Å². The van der Waals surface area contributed by atoms with Crippen molar-refractivity contribution in [2.75, 3.05) is 20.1 Å². The molecule has 0 spiro atoms. The number of carbonyl (C=O) groups is 1. The highest BCUT2D eigenvalue weighted by atomic mass is 16.4. The lowest BCUT2D eigenvalue weighted by atomic mass is 10.1. The Hall–Kier alpha value is -0.610. The van der Waals surface area contributed by atoms with Crippen LogP contribution in [0.1, 0.15) is 46.5 Å². The van der Waals surface area contributed by atoms with Crippen molar-refractivity contribution in [2.45, 2.75) is 58.5 Å². The molecule has 0 rings (SSSR count). The van der Waals surface area contributed by atoms with Gasteiger partial charge in [-0.3, -0.25) is 4.79 Å². The Bertz CT molecular complexity index is 208. The van der Waals surface area contributed by atoms with Crippen molar-refractivity contribution in [1.82, 2.24) is 10.2 Å². The first-order valence-corrected chi connectivity index (χ1v) is 6.67. The first-order valence-electron chi connectivity index (χ1n) is 6.67. The Morgan fingerprint density at radius 2 is 1.94 bits per heavy atom. The fourth-order valence-corrected chi connectivity index (χ4v) is 1.88. The van der Waals surface area contributed by atoms with Gasteiger partial charge >= 0.3 is 5.97 Å². The summed E-state index contributed by atoms with van der Waals surface area (Å²) in [4.78, 5) is 13.3. The van der Waals surface area contributed by atoms with Gasteiger partial charge in [-0.2, -0.15) is 0 Å². The van der Waals surface area contributed by atoms with Crippen LogP contribution >= 0.6 is 0 Å². The molecule has 0 aliphatic rings. The number of likely N-dealkylation sites (N-methyl/N-ethyl adjacent to an activating group) is 1. The van der Waals surface area contributed by atoms with Crippen molar-refractivity contribution in [3.8, 4) is 0 Å². The fourth-order valence-electron chi connectivity index (χ4n) is 1.88. The van der Waals surface area contributed by atoms with Gasteiger partial charge in [-0.05, 0) is 40.3 Å². The molecule has 0 heterocycles. The molecule has 2 N–H and O–H groups in total. The van der Waals surface area contributed by atoms with Crippen molar-refractivity contribution in [3.63, 3.8) is 0 Å². The van der Waals surface area contributed by atoms with Crippen molar-refractivity contribution >= 4 is 5.97 Å². The van der Waals surface area contributed by atoms with Gasteiger partial charge in [0.1, 0.15) is 6.04 Å². The van der Waals surface area contributed by atoms with Crippen molar-refractivity contribution < 1.29 is 9.90 Å². The van der Waals surface area contributed by atoms with E-state index in [1.165, 1.54) is 19.3 Å². The van der Waals surface area contributed by atoms with E-state index in [9.17, 15) is 4.79 Å². The summed E-state index contributed by atoms with van der Waals surface area (Å²) < 4.78 is 0. The van der Waals surface area contributed by atoms with Crippen LogP contribution in [0.25, 0.3) is 0 Å². The molecule has 0 aromatic heterocycles. The second-order valence-electron chi connectivity index (χ2n) is 4.80. The zero-order valence-corrected chi connectivity index (χ0v) is 11.7. The minimum atomic E-state index is -0.759. The first-order chi connectivity index (χ1) is 8.02. The standard InChI is InChI=1S/C13H28N2O2/c1-5-6-7-9-15(11(2)3)10-8-12(14-4)13(16)17/h11-12,14H,5-10H2,1-4H3,(H,16,17). The predicted octanol–water partition coefficient (Wildman–Crippen LogP) is 1.95. The summed E-state index contributed by atoms with van der Waals surface area (Å²) in [6.07, 6.45) is 4.33. The third-order valence-corrected chi connectivity index (χ3v) is 3.13. The number of nitrogens with zero attached hydrogens (tertiary/aromatic N) is 1. The van der Waals surface area contributed by atoms with Crippen molar-refractivity contribution in [1.29, 1.82) is 0 Å². The lowest BCUT2D eigenvalue weighted by molar-refractivity contribution is -0.139. The average Bonchev–Trinajstić information content (AvgIpc) is 2.26. The SMILES string of the molecule is CCCCCN(CCC(NC)C(=O)O)C(C)C. The molecular formula is C13H28N2O2. The summed E-state index contributed by atoms with van der Waals surface area (Å²) in [7, 11) is 1.70. The number of unbranched alkanes of at least 4 members (excludes halogenated alkanes) is 2. The maximum Gasteiger partial charge on any atom is 0.320 e. The Kier molecular flexibility index (Phi) is 9.09. The molecule has 0 bridgehead atoms. The van der Waals surface area contributed by atoms with Crippen LogP contribution in [0.2, 0.25) is 0 Å². The topological polar surface area (TPSA) is 52.6 Å². The molecule has 0 saturated heterocycles. The van der Waals surface area contributed by atoms with Crippen molar-refractivity contribution in [3.05, 3.63) is 0 Å². The number of aliphatic carboxylic acids is 1. The number of nitrogens with one attached hydrogen (secondary N) is 1. The summed E-state index contributed by atoms with van der Waals surface area (Å²) in [6.45, 7) is 8.45. The predicted molar refractivity (Wildman–Crippen MR) is 71.3 cm³/mol. The van der Waals surface area contributed by atoms with Crippen LogP contribution in [-0.2, 0) is 4.79 Å². The number of hydrogen-bond acceptors (Lipinski definition) is 3. The summed E-state index contributed by atoms with van der Waals surface area (Å²) in [5.41, 5.74) is 0. The molecule has 1 unspecified atom stereocenters. The maximum atomic E-state index is 10.9. The van der Waals surface area contributed by atoms with Crippen LogP contribution in [0.3, 0.4) is 0 Å². The van der Waals surface area contributed by atoms with Gasteiger partial charge in [0.2, 0.25) is 0 Å². The molecule has 0 saturated carbocycles. The van der Waals surface area contributed by atoms with E-state index in [1.807, 2.05) is 0 Å². The average molecular weight is 244 g/mol. The van der Waals surface area contributed by atoms with E-state index in [-0.39, 0.29) is 0 Å². The third-order valence-electron chi connectivity index (χ3n) is 3.13. The van der Waals surface area contributed by atoms with Crippen LogP contribution in [0, 0.1) is 0 Å².